The largest absolute Gasteiger partial charge is 0.456 e. The fourth-order valence-electron chi connectivity index (χ4n) is 10.1. The van der Waals surface area contributed by atoms with Crippen LogP contribution in [-0.2, 0) is 5.41 Å². The van der Waals surface area contributed by atoms with Gasteiger partial charge in [0.25, 0.3) is 0 Å². The second kappa shape index (κ2) is 12.1. The molecule has 0 spiro atoms. The zero-order valence-electron chi connectivity index (χ0n) is 32.9. The summed E-state index contributed by atoms with van der Waals surface area (Å²) in [5, 5.41) is 6.94. The SMILES string of the molecule is CC1(C)c2ccccc2-c2ccc3c4ccccc4n(-c4ccc(-c5nc(-c6ccc7c(c6)oc6ccccc67)nc(-n6c7ccccc7c7ccccc76)n5)cc4)c3c21. The van der Waals surface area contributed by atoms with E-state index < -0.39 is 0 Å². The van der Waals surface area contributed by atoms with E-state index in [0.29, 0.717) is 17.6 Å². The highest BCUT2D eigenvalue weighted by Gasteiger charge is 2.38. The maximum atomic E-state index is 6.34. The molecule has 0 saturated carbocycles. The molecule has 0 atom stereocenters. The van der Waals surface area contributed by atoms with Gasteiger partial charge in [-0.05, 0) is 82.9 Å². The molecule has 6 heteroatoms. The standard InChI is InChI=1S/C54H35N5O/c1-54(2)43-18-8-3-13-35(43)41-29-30-42-38-16-6-9-19-44(38)58(50(42)49(41)54)34-26-23-32(24-27-34)51-55-52(33-25-28-40-39-17-7-12-22-47(39)60-48(40)31-33)57-53(56-51)59-45-20-10-4-14-36(45)37-15-5-11-21-46(37)59/h3-31H,1-2H3. The molecule has 4 heterocycles. The predicted octanol–water partition coefficient (Wildman–Crippen LogP) is 13.6. The molecule has 8 aromatic carbocycles. The first-order valence-electron chi connectivity index (χ1n) is 20.4. The van der Waals surface area contributed by atoms with Crippen LogP contribution in [0.1, 0.15) is 25.0 Å². The minimum atomic E-state index is -0.173. The molecule has 0 aliphatic heterocycles. The van der Waals surface area contributed by atoms with Gasteiger partial charge in [-0.2, -0.15) is 9.97 Å². The van der Waals surface area contributed by atoms with Crippen LogP contribution in [-0.4, -0.2) is 24.1 Å². The number of hydrogen-bond acceptors (Lipinski definition) is 4. The van der Waals surface area contributed by atoms with Crippen molar-refractivity contribution in [2.24, 2.45) is 0 Å². The Hall–Kier alpha value is -7.83. The van der Waals surface area contributed by atoms with Crippen molar-refractivity contribution < 1.29 is 4.42 Å². The Kier molecular flexibility index (Phi) is 6.69. The van der Waals surface area contributed by atoms with E-state index in [1.165, 1.54) is 44.1 Å². The van der Waals surface area contributed by atoms with Crippen molar-refractivity contribution >= 4 is 65.6 Å². The molecule has 0 bridgehead atoms. The minimum Gasteiger partial charge on any atom is -0.456 e. The third kappa shape index (κ3) is 4.56. The number of aromatic nitrogens is 5. The monoisotopic (exact) mass is 769 g/mol. The van der Waals surface area contributed by atoms with E-state index >= 15 is 0 Å². The average molecular weight is 770 g/mol. The van der Waals surface area contributed by atoms with Crippen molar-refractivity contribution in [2.45, 2.75) is 19.3 Å². The number of furan rings is 1. The second-order valence-electron chi connectivity index (χ2n) is 16.4. The average Bonchev–Trinajstić information content (AvgIpc) is 4.01. The van der Waals surface area contributed by atoms with Gasteiger partial charge >= 0.3 is 0 Å². The van der Waals surface area contributed by atoms with Crippen molar-refractivity contribution in [1.29, 1.82) is 0 Å². The number of fused-ring (bicyclic) bond motifs is 13. The van der Waals surface area contributed by atoms with E-state index in [4.69, 9.17) is 19.4 Å². The highest BCUT2D eigenvalue weighted by Crippen LogP contribution is 2.53. The highest BCUT2D eigenvalue weighted by molar-refractivity contribution is 6.13. The molecule has 282 valence electrons. The van der Waals surface area contributed by atoms with E-state index in [0.717, 1.165) is 60.6 Å². The molecule has 1 aliphatic carbocycles. The molecule has 6 nitrogen and oxygen atoms in total. The smallest absolute Gasteiger partial charge is 0.238 e. The van der Waals surface area contributed by atoms with Gasteiger partial charge in [0.15, 0.2) is 11.6 Å². The lowest BCUT2D eigenvalue weighted by Crippen LogP contribution is -2.16. The molecule has 0 radical (unpaired) electrons. The molecule has 0 fully saturated rings. The Labute approximate surface area is 344 Å². The minimum absolute atomic E-state index is 0.173. The van der Waals surface area contributed by atoms with Crippen LogP contribution in [0.25, 0.3) is 111 Å². The third-order valence-electron chi connectivity index (χ3n) is 12.8. The van der Waals surface area contributed by atoms with Crippen LogP contribution in [0.3, 0.4) is 0 Å². The van der Waals surface area contributed by atoms with Gasteiger partial charge in [-0.25, -0.2) is 4.98 Å². The fourth-order valence-corrected chi connectivity index (χ4v) is 10.1. The van der Waals surface area contributed by atoms with Gasteiger partial charge in [0.05, 0.1) is 22.1 Å². The number of nitrogens with zero attached hydrogens (tertiary/aromatic N) is 5. The van der Waals surface area contributed by atoms with Crippen LogP contribution < -0.4 is 0 Å². The van der Waals surface area contributed by atoms with Crippen molar-refractivity contribution in [3.8, 4) is 45.5 Å². The summed E-state index contributed by atoms with van der Waals surface area (Å²) in [6.07, 6.45) is 0. The number of hydrogen-bond donors (Lipinski definition) is 0. The zero-order chi connectivity index (χ0) is 39.7. The normalized spacial score (nSPS) is 13.3. The van der Waals surface area contributed by atoms with Crippen LogP contribution in [0.4, 0.5) is 0 Å². The summed E-state index contributed by atoms with van der Waals surface area (Å²) in [7, 11) is 0. The summed E-state index contributed by atoms with van der Waals surface area (Å²) in [4.78, 5) is 15.7. The van der Waals surface area contributed by atoms with Gasteiger partial charge < -0.3 is 8.98 Å². The predicted molar refractivity (Wildman–Crippen MR) is 244 cm³/mol. The Balaban J connectivity index is 1.02. The Morgan fingerprint density at radius 1 is 0.433 bits per heavy atom. The van der Waals surface area contributed by atoms with Gasteiger partial charge in [-0.1, -0.05) is 129 Å². The topological polar surface area (TPSA) is 61.7 Å². The maximum Gasteiger partial charge on any atom is 0.238 e. The van der Waals surface area contributed by atoms with Crippen LogP contribution in [0.5, 0.6) is 0 Å². The van der Waals surface area contributed by atoms with E-state index in [2.05, 4.69) is 175 Å². The molecule has 4 aromatic heterocycles. The molecule has 0 N–H and O–H groups in total. The first-order valence-corrected chi connectivity index (χ1v) is 20.4. The first kappa shape index (κ1) is 33.2. The molecule has 0 unspecified atom stereocenters. The zero-order valence-corrected chi connectivity index (χ0v) is 32.9. The van der Waals surface area contributed by atoms with Crippen molar-refractivity contribution in [1.82, 2.24) is 24.1 Å². The van der Waals surface area contributed by atoms with E-state index in [1.54, 1.807) is 0 Å². The summed E-state index contributed by atoms with van der Waals surface area (Å²) >= 11 is 0. The van der Waals surface area contributed by atoms with E-state index in [9.17, 15) is 0 Å². The van der Waals surface area contributed by atoms with Crippen molar-refractivity contribution in [3.05, 3.63) is 187 Å². The Bertz CT molecular complexity index is 3700. The lowest BCUT2D eigenvalue weighted by Gasteiger charge is -2.23. The molecule has 12 aromatic rings. The molecular formula is C54H35N5O. The maximum absolute atomic E-state index is 6.34. The van der Waals surface area contributed by atoms with E-state index in [-0.39, 0.29) is 5.41 Å². The summed E-state index contributed by atoms with van der Waals surface area (Å²) < 4.78 is 10.9. The second-order valence-corrected chi connectivity index (χ2v) is 16.4. The molecule has 60 heavy (non-hydrogen) atoms. The van der Waals surface area contributed by atoms with E-state index in [1.807, 2.05) is 24.3 Å². The van der Waals surface area contributed by atoms with Gasteiger partial charge in [0, 0.05) is 54.5 Å². The molecule has 0 saturated heterocycles. The van der Waals surface area contributed by atoms with Crippen LogP contribution in [0, 0.1) is 0 Å². The number of rotatable bonds is 4. The van der Waals surface area contributed by atoms with Crippen LogP contribution >= 0.6 is 0 Å². The number of benzene rings is 8. The lowest BCUT2D eigenvalue weighted by molar-refractivity contribution is 0.664. The molecule has 0 amide bonds. The lowest BCUT2D eigenvalue weighted by atomic mass is 9.81. The molecule has 13 rings (SSSR count). The first-order chi connectivity index (χ1) is 29.5. The van der Waals surface area contributed by atoms with Gasteiger partial charge in [-0.3, -0.25) is 4.57 Å². The third-order valence-corrected chi connectivity index (χ3v) is 12.8. The van der Waals surface area contributed by atoms with Crippen LogP contribution in [0.15, 0.2) is 180 Å². The fraction of sp³-hybridized carbons (Fsp3) is 0.0556. The van der Waals surface area contributed by atoms with Crippen LogP contribution in [0.2, 0.25) is 0 Å². The Morgan fingerprint density at radius 2 is 0.983 bits per heavy atom. The quantitative estimate of drug-likeness (QED) is 0.179. The van der Waals surface area contributed by atoms with Gasteiger partial charge in [-0.15, -0.1) is 0 Å². The summed E-state index contributed by atoms with van der Waals surface area (Å²) in [6, 6.07) is 62.3. The Morgan fingerprint density at radius 3 is 1.72 bits per heavy atom. The summed E-state index contributed by atoms with van der Waals surface area (Å²) in [5.41, 5.74) is 14.2. The van der Waals surface area contributed by atoms with Crippen molar-refractivity contribution in [3.63, 3.8) is 0 Å². The summed E-state index contributed by atoms with van der Waals surface area (Å²) in [5.74, 6) is 1.72. The summed E-state index contributed by atoms with van der Waals surface area (Å²) in [6.45, 7) is 4.72. The van der Waals surface area contributed by atoms with Gasteiger partial charge in [0.2, 0.25) is 5.95 Å². The molecule has 1 aliphatic rings. The number of para-hydroxylation sites is 4. The highest BCUT2D eigenvalue weighted by atomic mass is 16.3. The van der Waals surface area contributed by atoms with Gasteiger partial charge in [0.1, 0.15) is 11.2 Å². The van der Waals surface area contributed by atoms with Crippen molar-refractivity contribution in [2.75, 3.05) is 0 Å². The molecular weight excluding hydrogens is 735 g/mol.